The van der Waals surface area contributed by atoms with Crippen molar-refractivity contribution in [1.29, 1.82) is 0 Å². The number of ether oxygens (including phenoxy) is 1. The average Bonchev–Trinajstić information content (AvgIpc) is 2.46. The van der Waals surface area contributed by atoms with E-state index >= 15 is 0 Å². The molecule has 1 N–H and O–H groups in total. The molecule has 0 aliphatic rings. The van der Waals surface area contributed by atoms with Crippen molar-refractivity contribution in [2.45, 2.75) is 13.3 Å². The van der Waals surface area contributed by atoms with Crippen molar-refractivity contribution in [2.24, 2.45) is 0 Å². The topological polar surface area (TPSA) is 85.2 Å². The first kappa shape index (κ1) is 14.8. The van der Waals surface area contributed by atoms with Gasteiger partial charge in [0.15, 0.2) is 11.6 Å². The first-order chi connectivity index (χ1) is 9.93. The minimum absolute atomic E-state index is 0.00861. The van der Waals surface area contributed by atoms with Crippen molar-refractivity contribution in [3.63, 3.8) is 0 Å². The lowest BCUT2D eigenvalue weighted by Gasteiger charge is -2.11. The van der Waals surface area contributed by atoms with Crippen LogP contribution in [0.2, 0.25) is 0 Å². The summed E-state index contributed by atoms with van der Waals surface area (Å²) in [6.45, 7) is 1.65. The Kier molecular flexibility index (Phi) is 4.06. The second-order valence-corrected chi connectivity index (χ2v) is 4.12. The summed E-state index contributed by atoms with van der Waals surface area (Å²) in [6, 6.07) is 1.45. The molecule has 2 heterocycles. The van der Waals surface area contributed by atoms with E-state index in [0.717, 1.165) is 12.4 Å². The highest BCUT2D eigenvalue weighted by molar-refractivity contribution is 5.95. The lowest BCUT2D eigenvalue weighted by atomic mass is 10.1. The van der Waals surface area contributed by atoms with Crippen LogP contribution >= 0.6 is 0 Å². The van der Waals surface area contributed by atoms with Crippen LogP contribution in [-0.2, 0) is 0 Å². The second-order valence-electron chi connectivity index (χ2n) is 4.12. The first-order valence-corrected chi connectivity index (χ1v) is 5.83. The molecule has 2 aromatic heterocycles. The number of pyridine rings is 1. The van der Waals surface area contributed by atoms with E-state index in [-0.39, 0.29) is 22.6 Å². The fraction of sp³-hybridized carbons (Fsp3) is 0.231. The van der Waals surface area contributed by atoms with Gasteiger partial charge >= 0.3 is 5.97 Å². The predicted molar refractivity (Wildman–Crippen MR) is 68.5 cm³/mol. The number of carboxylic acid groups (broad SMARTS) is 1. The van der Waals surface area contributed by atoms with E-state index in [2.05, 4.69) is 15.0 Å². The SMILES string of the molecule is COc1cnc(C(F)F)nc1-c1cc(C)ncc1C(=O)O. The molecule has 2 aromatic rings. The van der Waals surface area contributed by atoms with Gasteiger partial charge in [0.05, 0.1) is 18.9 Å². The van der Waals surface area contributed by atoms with Gasteiger partial charge in [0.2, 0.25) is 0 Å². The Hall–Kier alpha value is -2.64. The number of aromatic carboxylic acids is 1. The first-order valence-electron chi connectivity index (χ1n) is 5.83. The number of aryl methyl sites for hydroxylation is 1. The normalized spacial score (nSPS) is 10.7. The summed E-state index contributed by atoms with van der Waals surface area (Å²) in [5.74, 6) is -1.83. The molecule has 0 aliphatic carbocycles. The quantitative estimate of drug-likeness (QED) is 0.932. The number of carboxylic acids is 1. The molecule has 2 rings (SSSR count). The highest BCUT2D eigenvalue weighted by Gasteiger charge is 2.21. The maximum Gasteiger partial charge on any atom is 0.337 e. The molecule has 0 saturated carbocycles. The Morgan fingerprint density at radius 1 is 1.33 bits per heavy atom. The fourth-order valence-electron chi connectivity index (χ4n) is 1.76. The molecular weight excluding hydrogens is 284 g/mol. The zero-order valence-electron chi connectivity index (χ0n) is 11.2. The van der Waals surface area contributed by atoms with Crippen LogP contribution in [0.4, 0.5) is 8.78 Å². The monoisotopic (exact) mass is 295 g/mol. The minimum atomic E-state index is -2.87. The van der Waals surface area contributed by atoms with E-state index < -0.39 is 18.2 Å². The maximum absolute atomic E-state index is 12.7. The molecule has 110 valence electrons. The third kappa shape index (κ3) is 2.93. The van der Waals surface area contributed by atoms with Crippen molar-refractivity contribution in [1.82, 2.24) is 15.0 Å². The highest BCUT2D eigenvalue weighted by Crippen LogP contribution is 2.31. The lowest BCUT2D eigenvalue weighted by molar-refractivity contribution is 0.0697. The van der Waals surface area contributed by atoms with Gasteiger partial charge in [-0.1, -0.05) is 0 Å². The van der Waals surface area contributed by atoms with Gasteiger partial charge in [-0.3, -0.25) is 4.98 Å². The summed E-state index contributed by atoms with van der Waals surface area (Å²) in [4.78, 5) is 22.3. The minimum Gasteiger partial charge on any atom is -0.493 e. The number of aromatic nitrogens is 3. The Balaban J connectivity index is 2.73. The van der Waals surface area contributed by atoms with Crippen LogP contribution in [0.1, 0.15) is 28.3 Å². The molecule has 0 aromatic carbocycles. The van der Waals surface area contributed by atoms with Crippen LogP contribution in [0.3, 0.4) is 0 Å². The molecule has 8 heteroatoms. The molecule has 0 amide bonds. The Morgan fingerprint density at radius 2 is 2.05 bits per heavy atom. The highest BCUT2D eigenvalue weighted by atomic mass is 19.3. The van der Waals surface area contributed by atoms with Crippen molar-refractivity contribution in [3.8, 4) is 17.0 Å². The zero-order chi connectivity index (χ0) is 15.6. The van der Waals surface area contributed by atoms with Crippen molar-refractivity contribution in [2.75, 3.05) is 7.11 Å². The van der Waals surface area contributed by atoms with Crippen molar-refractivity contribution >= 4 is 5.97 Å². The molecule has 0 fully saturated rings. The van der Waals surface area contributed by atoms with E-state index in [1.54, 1.807) is 6.92 Å². The smallest absolute Gasteiger partial charge is 0.337 e. The number of nitrogens with zero attached hydrogens (tertiary/aromatic N) is 3. The van der Waals surface area contributed by atoms with Gasteiger partial charge < -0.3 is 9.84 Å². The van der Waals surface area contributed by atoms with Crippen LogP contribution in [-0.4, -0.2) is 33.1 Å². The van der Waals surface area contributed by atoms with Gasteiger partial charge in [0.25, 0.3) is 6.43 Å². The molecule has 0 spiro atoms. The Labute approximate surface area is 118 Å². The maximum atomic E-state index is 12.7. The van der Waals surface area contributed by atoms with Crippen LogP contribution in [0.25, 0.3) is 11.3 Å². The molecular formula is C13H11F2N3O3. The summed E-state index contributed by atoms with van der Waals surface area (Å²) in [5, 5.41) is 9.19. The van der Waals surface area contributed by atoms with Gasteiger partial charge in [0, 0.05) is 17.5 Å². The number of carbonyl (C=O) groups is 1. The molecule has 0 atom stereocenters. The Bertz CT molecular complexity index is 692. The summed E-state index contributed by atoms with van der Waals surface area (Å²) in [7, 11) is 1.32. The third-order valence-corrected chi connectivity index (χ3v) is 2.72. The van der Waals surface area contributed by atoms with Gasteiger partial charge in [-0.15, -0.1) is 0 Å². The number of hydrogen-bond acceptors (Lipinski definition) is 5. The third-order valence-electron chi connectivity index (χ3n) is 2.72. The fourth-order valence-corrected chi connectivity index (χ4v) is 1.76. The number of methoxy groups -OCH3 is 1. The largest absolute Gasteiger partial charge is 0.493 e. The molecule has 21 heavy (non-hydrogen) atoms. The van der Waals surface area contributed by atoms with Gasteiger partial charge in [0.1, 0.15) is 5.69 Å². The van der Waals surface area contributed by atoms with Crippen molar-refractivity contribution < 1.29 is 23.4 Å². The molecule has 0 saturated heterocycles. The van der Waals surface area contributed by atoms with Crippen molar-refractivity contribution in [3.05, 3.63) is 35.5 Å². The lowest BCUT2D eigenvalue weighted by Crippen LogP contribution is -2.06. The van der Waals surface area contributed by atoms with Gasteiger partial charge in [-0.05, 0) is 13.0 Å². The summed E-state index contributed by atoms with van der Waals surface area (Å²) in [5.41, 5.74) is 0.508. The second kappa shape index (κ2) is 5.78. The van der Waals surface area contributed by atoms with E-state index in [1.807, 2.05) is 0 Å². The van der Waals surface area contributed by atoms with Crippen LogP contribution < -0.4 is 4.74 Å². The molecule has 0 radical (unpaired) electrons. The zero-order valence-corrected chi connectivity index (χ0v) is 11.2. The number of hydrogen-bond donors (Lipinski definition) is 1. The number of halogens is 2. The Morgan fingerprint density at radius 3 is 2.62 bits per heavy atom. The van der Waals surface area contributed by atoms with E-state index in [4.69, 9.17) is 4.74 Å². The van der Waals surface area contributed by atoms with E-state index in [0.29, 0.717) is 5.69 Å². The van der Waals surface area contributed by atoms with E-state index in [1.165, 1.54) is 13.2 Å². The molecule has 6 nitrogen and oxygen atoms in total. The summed E-state index contributed by atoms with van der Waals surface area (Å²) in [6.07, 6.45) is -0.632. The predicted octanol–water partition coefficient (Wildman–Crippen LogP) is 2.49. The van der Waals surface area contributed by atoms with Crippen LogP contribution in [0.15, 0.2) is 18.5 Å². The molecule has 0 bridgehead atoms. The van der Waals surface area contributed by atoms with E-state index in [9.17, 15) is 18.7 Å². The molecule has 0 unspecified atom stereocenters. The summed E-state index contributed by atoms with van der Waals surface area (Å²) >= 11 is 0. The number of rotatable bonds is 4. The van der Waals surface area contributed by atoms with Gasteiger partial charge in [-0.25, -0.2) is 23.5 Å². The standard InChI is InChI=1S/C13H11F2N3O3/c1-6-3-7(8(4-16-6)13(19)20)10-9(21-2)5-17-12(18-10)11(14)15/h3-5,11H,1-2H3,(H,19,20). The average molecular weight is 295 g/mol. The molecule has 0 aliphatic heterocycles. The van der Waals surface area contributed by atoms with Gasteiger partial charge in [-0.2, -0.15) is 0 Å². The number of alkyl halides is 2. The van der Waals surface area contributed by atoms with Crippen LogP contribution in [0.5, 0.6) is 5.75 Å². The summed E-state index contributed by atoms with van der Waals surface area (Å²) < 4.78 is 30.5. The van der Waals surface area contributed by atoms with Crippen LogP contribution in [0, 0.1) is 6.92 Å².